The van der Waals surface area contributed by atoms with E-state index in [9.17, 15) is 4.79 Å². The summed E-state index contributed by atoms with van der Waals surface area (Å²) >= 11 is 3.62. The molecule has 0 radical (unpaired) electrons. The van der Waals surface area contributed by atoms with Crippen LogP contribution in [0.25, 0.3) is 5.52 Å². The Morgan fingerprint density at radius 3 is 2.40 bits per heavy atom. The van der Waals surface area contributed by atoms with Gasteiger partial charge in [0.25, 0.3) is 0 Å². The Bertz CT molecular complexity index is 909. The molecular weight excluding hydrogens is 442 g/mol. The highest BCUT2D eigenvalue weighted by atomic mass is 79.9. The van der Waals surface area contributed by atoms with Crippen molar-refractivity contribution in [3.8, 4) is 0 Å². The van der Waals surface area contributed by atoms with Crippen LogP contribution in [0.1, 0.15) is 74.1 Å². The number of carbonyl (C=O) groups excluding carboxylic acids is 1. The maximum Gasteiger partial charge on any atom is 0.338 e. The van der Waals surface area contributed by atoms with Gasteiger partial charge in [-0.05, 0) is 100 Å². The van der Waals surface area contributed by atoms with Crippen LogP contribution in [0.5, 0.6) is 0 Å². The van der Waals surface area contributed by atoms with Gasteiger partial charge in [-0.15, -0.1) is 0 Å². The van der Waals surface area contributed by atoms with Gasteiger partial charge in [-0.1, -0.05) is 0 Å². The molecule has 0 N–H and O–H groups in total. The molecule has 0 aromatic carbocycles. The maximum absolute atomic E-state index is 12.8. The zero-order chi connectivity index (χ0) is 21.4. The molecule has 0 aliphatic carbocycles. The van der Waals surface area contributed by atoms with Crippen LogP contribution in [-0.2, 0) is 4.74 Å². The molecule has 2 aliphatic rings. The Hall–Kier alpha value is -1.37. The normalized spacial score (nSPS) is 20.3. The van der Waals surface area contributed by atoms with Crippen LogP contribution in [0.3, 0.4) is 0 Å². The van der Waals surface area contributed by atoms with Crippen molar-refractivity contribution >= 4 is 27.4 Å². The maximum atomic E-state index is 12.8. The molecule has 6 heteroatoms. The summed E-state index contributed by atoms with van der Waals surface area (Å²) in [4.78, 5) is 18.1. The first-order valence-electron chi connectivity index (χ1n) is 11.4. The number of nitrogens with zero attached hydrogens (tertiary/aromatic N) is 3. The van der Waals surface area contributed by atoms with Crippen LogP contribution in [0.4, 0.5) is 0 Å². The number of pyridine rings is 1. The van der Waals surface area contributed by atoms with E-state index in [1.807, 2.05) is 19.9 Å². The van der Waals surface area contributed by atoms with Gasteiger partial charge in [-0.3, -0.25) is 4.90 Å². The first-order valence-corrected chi connectivity index (χ1v) is 12.1. The van der Waals surface area contributed by atoms with Crippen LogP contribution in [0.2, 0.25) is 0 Å². The largest absolute Gasteiger partial charge is 0.459 e. The summed E-state index contributed by atoms with van der Waals surface area (Å²) in [5.74, 6) is -0.233. The number of rotatable bonds is 5. The summed E-state index contributed by atoms with van der Waals surface area (Å²) in [7, 11) is 0. The number of halogens is 1. The number of hydrogen-bond acceptors (Lipinski definition) is 4. The molecule has 0 amide bonds. The first kappa shape index (κ1) is 21.8. The third-order valence-corrected chi connectivity index (χ3v) is 7.25. The molecule has 1 atom stereocenters. The average Bonchev–Trinajstić information content (AvgIpc) is 3.35. The predicted molar refractivity (Wildman–Crippen MR) is 124 cm³/mol. The fourth-order valence-electron chi connectivity index (χ4n) is 5.26. The van der Waals surface area contributed by atoms with Gasteiger partial charge in [-0.25, -0.2) is 4.79 Å². The van der Waals surface area contributed by atoms with Crippen LogP contribution in [0, 0.1) is 6.92 Å². The minimum Gasteiger partial charge on any atom is -0.459 e. The van der Waals surface area contributed by atoms with Crippen LogP contribution < -0.4 is 0 Å². The molecule has 5 nitrogen and oxygen atoms in total. The smallest absolute Gasteiger partial charge is 0.338 e. The van der Waals surface area contributed by atoms with Gasteiger partial charge in [0.2, 0.25) is 0 Å². The van der Waals surface area contributed by atoms with Crippen molar-refractivity contribution in [2.24, 2.45) is 0 Å². The van der Waals surface area contributed by atoms with E-state index in [-0.39, 0.29) is 18.1 Å². The van der Waals surface area contributed by atoms with Gasteiger partial charge < -0.3 is 14.0 Å². The highest BCUT2D eigenvalue weighted by Gasteiger charge is 2.31. The molecule has 2 fully saturated rings. The summed E-state index contributed by atoms with van der Waals surface area (Å²) in [5.41, 5.74) is 3.91. The Kier molecular flexibility index (Phi) is 6.56. The summed E-state index contributed by atoms with van der Waals surface area (Å²) in [6.07, 6.45) is 7.17. The van der Waals surface area contributed by atoms with E-state index in [1.54, 1.807) is 0 Å². The lowest BCUT2D eigenvalue weighted by atomic mass is 9.97. The zero-order valence-electron chi connectivity index (χ0n) is 18.7. The summed E-state index contributed by atoms with van der Waals surface area (Å²) in [6, 6.07) is 5.01. The molecule has 164 valence electrons. The van der Waals surface area contributed by atoms with E-state index in [1.165, 1.54) is 44.5 Å². The van der Waals surface area contributed by atoms with Gasteiger partial charge in [0.1, 0.15) is 0 Å². The van der Waals surface area contributed by atoms with Crippen LogP contribution in [-0.4, -0.2) is 58.5 Å². The van der Waals surface area contributed by atoms with Crippen molar-refractivity contribution in [3.05, 3.63) is 39.6 Å². The molecule has 4 heterocycles. The molecule has 0 bridgehead atoms. The molecule has 1 unspecified atom stereocenters. The highest BCUT2D eigenvalue weighted by Crippen LogP contribution is 2.33. The number of hydrogen-bond donors (Lipinski definition) is 0. The minimum atomic E-state index is -0.233. The van der Waals surface area contributed by atoms with Crippen molar-refractivity contribution in [2.45, 2.75) is 71.6 Å². The zero-order valence-corrected chi connectivity index (χ0v) is 20.2. The highest BCUT2D eigenvalue weighted by molar-refractivity contribution is 9.10. The molecule has 4 rings (SSSR count). The van der Waals surface area contributed by atoms with Crippen LogP contribution in [0.15, 0.2) is 22.8 Å². The second kappa shape index (κ2) is 9.01. The summed E-state index contributed by atoms with van der Waals surface area (Å²) in [5, 5.41) is 0. The molecule has 2 aromatic heterocycles. The number of piperidine rings is 1. The van der Waals surface area contributed by atoms with Crippen molar-refractivity contribution in [3.63, 3.8) is 0 Å². The summed E-state index contributed by atoms with van der Waals surface area (Å²) in [6.45, 7) is 12.9. The van der Waals surface area contributed by atoms with Crippen molar-refractivity contribution in [1.29, 1.82) is 0 Å². The van der Waals surface area contributed by atoms with E-state index in [4.69, 9.17) is 4.74 Å². The Morgan fingerprint density at radius 2 is 1.77 bits per heavy atom. The van der Waals surface area contributed by atoms with E-state index in [2.05, 4.69) is 56.2 Å². The van der Waals surface area contributed by atoms with Crippen molar-refractivity contribution < 1.29 is 9.53 Å². The third kappa shape index (κ3) is 4.32. The van der Waals surface area contributed by atoms with E-state index >= 15 is 0 Å². The van der Waals surface area contributed by atoms with E-state index in [0.29, 0.717) is 5.56 Å². The fourth-order valence-corrected chi connectivity index (χ4v) is 5.70. The summed E-state index contributed by atoms with van der Waals surface area (Å²) < 4.78 is 8.81. The van der Waals surface area contributed by atoms with Crippen LogP contribution >= 0.6 is 15.9 Å². The Labute approximate surface area is 188 Å². The van der Waals surface area contributed by atoms with Gasteiger partial charge >= 0.3 is 5.97 Å². The lowest BCUT2D eigenvalue weighted by Crippen LogP contribution is -2.44. The number of esters is 1. The molecule has 2 aliphatic heterocycles. The molecule has 2 saturated heterocycles. The Balaban J connectivity index is 1.62. The number of fused-ring (bicyclic) bond motifs is 1. The van der Waals surface area contributed by atoms with Crippen molar-refractivity contribution in [2.75, 3.05) is 26.2 Å². The lowest BCUT2D eigenvalue weighted by molar-refractivity contribution is 0.0376. The second-order valence-electron chi connectivity index (χ2n) is 9.16. The van der Waals surface area contributed by atoms with E-state index < -0.39 is 0 Å². The third-order valence-electron chi connectivity index (χ3n) is 6.82. The molecule has 30 heavy (non-hydrogen) atoms. The number of carbonyl (C=O) groups is 1. The van der Waals surface area contributed by atoms with Crippen molar-refractivity contribution in [1.82, 2.24) is 14.2 Å². The number of aromatic nitrogens is 1. The first-order chi connectivity index (χ1) is 14.3. The molecule has 2 aromatic rings. The average molecular weight is 476 g/mol. The van der Waals surface area contributed by atoms with Gasteiger partial charge in [0.15, 0.2) is 0 Å². The Morgan fingerprint density at radius 1 is 1.10 bits per heavy atom. The quantitative estimate of drug-likeness (QED) is 0.557. The van der Waals surface area contributed by atoms with Gasteiger partial charge in [0, 0.05) is 47.1 Å². The SMILES string of the molecule is Cc1c(C(=O)OC(C)C)cc2cc(Br)cn2c1C(C)N1CCC(N2CCCC2)CC1. The van der Waals surface area contributed by atoms with E-state index in [0.717, 1.165) is 34.7 Å². The minimum absolute atomic E-state index is 0.128. The van der Waals surface area contributed by atoms with Gasteiger partial charge in [-0.2, -0.15) is 0 Å². The standard InChI is InChI=1S/C24H34BrN3O2/c1-16(2)30-24(29)22-14-21-13-19(25)15-28(21)23(17(22)3)18(4)26-11-7-20(8-12-26)27-9-5-6-10-27/h13-16,18,20H,5-12H2,1-4H3. The monoisotopic (exact) mass is 475 g/mol. The predicted octanol–water partition coefficient (Wildman–Crippen LogP) is 5.20. The van der Waals surface area contributed by atoms with Gasteiger partial charge in [0.05, 0.1) is 11.7 Å². The number of ether oxygens (including phenoxy) is 1. The second-order valence-corrected chi connectivity index (χ2v) is 10.1. The fraction of sp³-hybridized carbons (Fsp3) is 0.625. The number of likely N-dealkylation sites (tertiary alicyclic amines) is 2. The lowest BCUT2D eigenvalue weighted by Gasteiger charge is -2.40. The molecule has 0 spiro atoms. The molecule has 0 saturated carbocycles. The molecular formula is C24H34BrN3O2. The topological polar surface area (TPSA) is 37.2 Å².